The first kappa shape index (κ1) is 16.2. The molecule has 1 fully saturated rings. The summed E-state index contributed by atoms with van der Waals surface area (Å²) in [5, 5.41) is 3.96. The second-order valence-corrected chi connectivity index (χ2v) is 7.70. The molecule has 0 aromatic heterocycles. The van der Waals surface area contributed by atoms with Gasteiger partial charge in [0.05, 0.1) is 0 Å². The zero-order valence-electron chi connectivity index (χ0n) is 11.5. The molecule has 18 heavy (non-hydrogen) atoms. The Hall–Kier alpha value is 0.100. The van der Waals surface area contributed by atoms with Gasteiger partial charge in [-0.3, -0.25) is 0 Å². The molecule has 0 aromatic rings. The number of rotatable bonds is 4. The van der Waals surface area contributed by atoms with Crippen molar-refractivity contribution >= 4 is 33.8 Å². The van der Waals surface area contributed by atoms with Crippen molar-refractivity contribution < 1.29 is 9.53 Å². The number of halogens is 1. The predicted molar refractivity (Wildman–Crippen MR) is 81.6 cm³/mol. The van der Waals surface area contributed by atoms with E-state index in [1.807, 2.05) is 32.5 Å². The maximum Gasteiger partial charge on any atom is 0.407 e. The molecule has 0 unspecified atom stereocenters. The summed E-state index contributed by atoms with van der Waals surface area (Å²) in [7, 11) is 0. The number of alkyl carbamates (subject to hydrolysis) is 1. The quantitative estimate of drug-likeness (QED) is 0.792. The van der Waals surface area contributed by atoms with Crippen molar-refractivity contribution in [2.45, 2.75) is 51.7 Å². The first-order chi connectivity index (χ1) is 8.42. The first-order valence-electron chi connectivity index (χ1n) is 6.55. The number of hydrogen-bond donors (Lipinski definition) is 1. The fraction of sp³-hybridized carbons (Fsp3) is 0.923. The van der Waals surface area contributed by atoms with Crippen molar-refractivity contribution in [3.8, 4) is 0 Å². The van der Waals surface area contributed by atoms with Gasteiger partial charge in [-0.2, -0.15) is 11.8 Å². The van der Waals surface area contributed by atoms with Gasteiger partial charge in [0.25, 0.3) is 0 Å². The Morgan fingerprint density at radius 2 is 2.06 bits per heavy atom. The SMILES string of the molecule is CC(C)(C)OC(=O)N[C@@H](CCBr)C1CCSCC1. The number of carbonyl (C=O) groups excluding carboxylic acids is 1. The molecule has 106 valence electrons. The van der Waals surface area contributed by atoms with Gasteiger partial charge in [0, 0.05) is 11.4 Å². The van der Waals surface area contributed by atoms with Crippen LogP contribution in [0.25, 0.3) is 0 Å². The predicted octanol–water partition coefficient (Wildman–Crippen LogP) is 3.81. The highest BCUT2D eigenvalue weighted by atomic mass is 79.9. The second kappa shape index (κ2) is 7.63. The van der Waals surface area contributed by atoms with Gasteiger partial charge >= 0.3 is 6.09 Å². The lowest BCUT2D eigenvalue weighted by molar-refractivity contribution is 0.0482. The molecule has 1 atom stereocenters. The molecule has 0 radical (unpaired) electrons. The molecule has 1 aliphatic heterocycles. The smallest absolute Gasteiger partial charge is 0.407 e. The van der Waals surface area contributed by atoms with Gasteiger partial charge < -0.3 is 10.1 Å². The van der Waals surface area contributed by atoms with Crippen LogP contribution in [0.15, 0.2) is 0 Å². The van der Waals surface area contributed by atoms with Gasteiger partial charge in [0.1, 0.15) is 5.60 Å². The largest absolute Gasteiger partial charge is 0.444 e. The first-order valence-corrected chi connectivity index (χ1v) is 8.83. The summed E-state index contributed by atoms with van der Waals surface area (Å²) in [6, 6.07) is 0.236. The van der Waals surface area contributed by atoms with Gasteiger partial charge in [-0.05, 0) is 57.5 Å². The highest BCUT2D eigenvalue weighted by molar-refractivity contribution is 9.09. The van der Waals surface area contributed by atoms with Crippen LogP contribution in [-0.2, 0) is 4.74 Å². The summed E-state index contributed by atoms with van der Waals surface area (Å²) < 4.78 is 5.33. The van der Waals surface area contributed by atoms with E-state index in [0.717, 1.165) is 11.8 Å². The van der Waals surface area contributed by atoms with Crippen LogP contribution in [0.5, 0.6) is 0 Å². The van der Waals surface area contributed by atoms with E-state index in [2.05, 4.69) is 21.2 Å². The fourth-order valence-corrected chi connectivity index (χ4v) is 3.76. The van der Waals surface area contributed by atoms with Crippen molar-refractivity contribution in [3.05, 3.63) is 0 Å². The average Bonchev–Trinajstić information content (AvgIpc) is 2.27. The Labute approximate surface area is 123 Å². The average molecular weight is 338 g/mol. The Balaban J connectivity index is 2.48. The minimum absolute atomic E-state index is 0.236. The van der Waals surface area contributed by atoms with Crippen LogP contribution in [0.1, 0.15) is 40.0 Å². The highest BCUT2D eigenvalue weighted by Crippen LogP contribution is 2.27. The molecular formula is C13H24BrNO2S. The number of thioether (sulfide) groups is 1. The molecule has 0 saturated carbocycles. The van der Waals surface area contributed by atoms with Gasteiger partial charge in [-0.25, -0.2) is 4.79 Å². The van der Waals surface area contributed by atoms with Gasteiger partial charge in [0.15, 0.2) is 0 Å². The van der Waals surface area contributed by atoms with Gasteiger partial charge in [-0.15, -0.1) is 0 Å². The summed E-state index contributed by atoms with van der Waals surface area (Å²) in [5.41, 5.74) is -0.425. The molecule has 1 aliphatic rings. The summed E-state index contributed by atoms with van der Waals surface area (Å²) in [5.74, 6) is 3.01. The standard InChI is InChI=1S/C13H24BrNO2S/c1-13(2,3)17-12(16)15-11(4-7-14)10-5-8-18-9-6-10/h10-11H,4-9H2,1-3H3,(H,15,16)/t11-/m0/s1. The fourth-order valence-electron chi connectivity index (χ4n) is 2.12. The molecular weight excluding hydrogens is 314 g/mol. The van der Waals surface area contributed by atoms with Crippen molar-refractivity contribution in [1.29, 1.82) is 0 Å². The van der Waals surface area contributed by atoms with Crippen LogP contribution < -0.4 is 5.32 Å². The molecule has 0 spiro atoms. The number of alkyl halides is 1. The molecule has 1 rings (SSSR count). The van der Waals surface area contributed by atoms with Crippen LogP contribution in [-0.4, -0.2) is 34.6 Å². The maximum absolute atomic E-state index is 11.8. The van der Waals surface area contributed by atoms with E-state index >= 15 is 0 Å². The minimum Gasteiger partial charge on any atom is -0.444 e. The minimum atomic E-state index is -0.425. The number of carbonyl (C=O) groups is 1. The van der Waals surface area contributed by atoms with Gasteiger partial charge in [-0.1, -0.05) is 15.9 Å². The van der Waals surface area contributed by atoms with E-state index in [-0.39, 0.29) is 12.1 Å². The molecule has 1 N–H and O–H groups in total. The lowest BCUT2D eigenvalue weighted by Gasteiger charge is -2.31. The number of amides is 1. The van der Waals surface area contributed by atoms with Crippen LogP contribution in [0.4, 0.5) is 4.79 Å². The van der Waals surface area contributed by atoms with E-state index in [0.29, 0.717) is 5.92 Å². The maximum atomic E-state index is 11.8. The van der Waals surface area contributed by atoms with E-state index in [9.17, 15) is 4.79 Å². The monoisotopic (exact) mass is 337 g/mol. The molecule has 5 heteroatoms. The summed E-state index contributed by atoms with van der Waals surface area (Å²) in [4.78, 5) is 11.8. The topological polar surface area (TPSA) is 38.3 Å². The van der Waals surface area contributed by atoms with Gasteiger partial charge in [0.2, 0.25) is 0 Å². The third-order valence-electron chi connectivity index (χ3n) is 2.96. The van der Waals surface area contributed by atoms with E-state index < -0.39 is 5.60 Å². The zero-order valence-corrected chi connectivity index (χ0v) is 13.9. The normalized spacial score (nSPS) is 19.3. The zero-order chi connectivity index (χ0) is 13.6. The Morgan fingerprint density at radius 1 is 1.44 bits per heavy atom. The Kier molecular flexibility index (Phi) is 6.85. The highest BCUT2D eigenvalue weighted by Gasteiger charge is 2.26. The van der Waals surface area contributed by atoms with Crippen molar-refractivity contribution in [1.82, 2.24) is 5.32 Å². The van der Waals surface area contributed by atoms with Crippen molar-refractivity contribution in [2.75, 3.05) is 16.8 Å². The molecule has 1 saturated heterocycles. The van der Waals surface area contributed by atoms with Crippen LogP contribution in [0.2, 0.25) is 0 Å². The molecule has 0 bridgehead atoms. The molecule has 0 aromatic carbocycles. The summed E-state index contributed by atoms with van der Waals surface area (Å²) in [6.45, 7) is 5.68. The second-order valence-electron chi connectivity index (χ2n) is 5.68. The molecule has 1 heterocycles. The van der Waals surface area contributed by atoms with Crippen LogP contribution in [0.3, 0.4) is 0 Å². The number of nitrogens with one attached hydrogen (secondary N) is 1. The van der Waals surface area contributed by atoms with Crippen LogP contribution in [0, 0.1) is 5.92 Å². The van der Waals surface area contributed by atoms with E-state index in [4.69, 9.17) is 4.74 Å². The molecule has 0 aliphatic carbocycles. The van der Waals surface area contributed by atoms with Crippen LogP contribution >= 0.6 is 27.7 Å². The third kappa shape index (κ3) is 6.32. The third-order valence-corrected chi connectivity index (χ3v) is 4.46. The lowest BCUT2D eigenvalue weighted by atomic mass is 9.92. The summed E-state index contributed by atoms with van der Waals surface area (Å²) >= 11 is 5.48. The molecule has 3 nitrogen and oxygen atoms in total. The Bertz CT molecular complexity index is 262. The summed E-state index contributed by atoms with van der Waals surface area (Å²) in [6.07, 6.45) is 3.07. The molecule has 1 amide bonds. The lowest BCUT2D eigenvalue weighted by Crippen LogP contribution is -2.44. The Morgan fingerprint density at radius 3 is 2.56 bits per heavy atom. The number of ether oxygens (including phenoxy) is 1. The number of hydrogen-bond acceptors (Lipinski definition) is 3. The van der Waals surface area contributed by atoms with Crippen molar-refractivity contribution in [2.24, 2.45) is 5.92 Å². The van der Waals surface area contributed by atoms with E-state index in [1.54, 1.807) is 0 Å². The van der Waals surface area contributed by atoms with E-state index in [1.165, 1.54) is 24.3 Å². The van der Waals surface area contributed by atoms with Crippen molar-refractivity contribution in [3.63, 3.8) is 0 Å².